The number of nitrogens with one attached hydrogen (secondary N) is 1. The van der Waals surface area contributed by atoms with E-state index in [1.54, 1.807) is 0 Å². The molecule has 1 amide bonds. The van der Waals surface area contributed by atoms with Crippen LogP contribution in [0.1, 0.15) is 32.3 Å². The van der Waals surface area contributed by atoms with Crippen molar-refractivity contribution in [3.05, 3.63) is 34.9 Å². The molecule has 0 bridgehead atoms. The fourth-order valence-corrected chi connectivity index (χ4v) is 3.59. The van der Waals surface area contributed by atoms with Gasteiger partial charge < -0.3 is 20.0 Å². The summed E-state index contributed by atoms with van der Waals surface area (Å²) in [5.74, 6) is 1.09. The molecule has 0 aliphatic carbocycles. The van der Waals surface area contributed by atoms with Crippen LogP contribution < -0.4 is 5.32 Å². The van der Waals surface area contributed by atoms with Crippen LogP contribution >= 0.6 is 11.6 Å². The standard InChI is InChI=1S/C22H36ClN5O/c1-18(2)26(4)11-6-5-10-25-22(24-3)28-14-12-27(13-15-28)21(29)17-19-8-7-9-20(23)16-19/h7-9,16,18H,5-6,10-15,17H2,1-4H3,(H,24,25). The van der Waals surface area contributed by atoms with Gasteiger partial charge in [-0.1, -0.05) is 23.7 Å². The lowest BCUT2D eigenvalue weighted by atomic mass is 10.1. The fourth-order valence-electron chi connectivity index (χ4n) is 3.38. The molecule has 6 nitrogen and oxygen atoms in total. The van der Waals surface area contributed by atoms with Crippen molar-refractivity contribution in [1.82, 2.24) is 20.0 Å². The molecule has 1 N–H and O–H groups in total. The van der Waals surface area contributed by atoms with E-state index in [0.29, 0.717) is 17.5 Å². The molecule has 2 rings (SSSR count). The number of aliphatic imine (C=N–C) groups is 1. The van der Waals surface area contributed by atoms with Crippen LogP contribution in [0.25, 0.3) is 0 Å². The zero-order valence-electron chi connectivity index (χ0n) is 18.3. The Morgan fingerprint density at radius 3 is 2.52 bits per heavy atom. The van der Waals surface area contributed by atoms with Gasteiger partial charge in [0.2, 0.25) is 5.91 Å². The molecule has 1 heterocycles. The number of unbranched alkanes of at least 4 members (excludes halogenated alkanes) is 1. The quantitative estimate of drug-likeness (QED) is 0.398. The number of hydrogen-bond donors (Lipinski definition) is 1. The van der Waals surface area contributed by atoms with Crippen LogP contribution in [0.5, 0.6) is 0 Å². The Hall–Kier alpha value is -1.79. The van der Waals surface area contributed by atoms with Crippen LogP contribution in [0.15, 0.2) is 29.3 Å². The van der Waals surface area contributed by atoms with E-state index >= 15 is 0 Å². The van der Waals surface area contributed by atoms with Gasteiger partial charge in [0.25, 0.3) is 0 Å². The molecule has 1 aliphatic heterocycles. The molecule has 0 aromatic heterocycles. The van der Waals surface area contributed by atoms with E-state index in [1.807, 2.05) is 36.2 Å². The van der Waals surface area contributed by atoms with Crippen molar-refractivity contribution in [3.63, 3.8) is 0 Å². The molecule has 1 fully saturated rings. The predicted octanol–water partition coefficient (Wildman–Crippen LogP) is 2.72. The van der Waals surface area contributed by atoms with Crippen molar-refractivity contribution in [2.45, 2.75) is 39.2 Å². The molecule has 1 saturated heterocycles. The largest absolute Gasteiger partial charge is 0.356 e. The molecule has 162 valence electrons. The van der Waals surface area contributed by atoms with Crippen LogP contribution in [-0.2, 0) is 11.2 Å². The zero-order valence-corrected chi connectivity index (χ0v) is 19.1. The molecule has 1 aromatic rings. The lowest BCUT2D eigenvalue weighted by molar-refractivity contribution is -0.131. The molecular formula is C22H36ClN5O. The SMILES string of the molecule is CN=C(NCCCCN(C)C(C)C)N1CCN(C(=O)Cc2cccc(Cl)c2)CC1. The highest BCUT2D eigenvalue weighted by Gasteiger charge is 2.23. The highest BCUT2D eigenvalue weighted by molar-refractivity contribution is 6.30. The number of carbonyl (C=O) groups excluding carboxylic acids is 1. The molecule has 0 unspecified atom stereocenters. The topological polar surface area (TPSA) is 51.2 Å². The molecule has 1 aliphatic rings. The molecular weight excluding hydrogens is 386 g/mol. The Morgan fingerprint density at radius 2 is 1.90 bits per heavy atom. The van der Waals surface area contributed by atoms with Crippen LogP contribution in [0.2, 0.25) is 5.02 Å². The van der Waals surface area contributed by atoms with Crippen LogP contribution in [0, 0.1) is 0 Å². The van der Waals surface area contributed by atoms with Crippen LogP contribution in [0.4, 0.5) is 0 Å². The summed E-state index contributed by atoms with van der Waals surface area (Å²) in [7, 11) is 4.00. The summed E-state index contributed by atoms with van der Waals surface area (Å²) in [6.45, 7) is 9.53. The third-order valence-corrected chi connectivity index (χ3v) is 5.73. The van der Waals surface area contributed by atoms with Gasteiger partial charge in [-0.15, -0.1) is 0 Å². The maximum Gasteiger partial charge on any atom is 0.227 e. The Morgan fingerprint density at radius 1 is 1.21 bits per heavy atom. The second-order valence-electron chi connectivity index (χ2n) is 7.93. The van der Waals surface area contributed by atoms with Crippen molar-refractivity contribution in [2.24, 2.45) is 4.99 Å². The van der Waals surface area contributed by atoms with E-state index in [2.05, 4.69) is 41.0 Å². The Bertz CT molecular complexity index is 671. The number of guanidine groups is 1. The van der Waals surface area contributed by atoms with Gasteiger partial charge >= 0.3 is 0 Å². The first-order valence-electron chi connectivity index (χ1n) is 10.6. The maximum atomic E-state index is 12.6. The lowest BCUT2D eigenvalue weighted by Crippen LogP contribution is -2.54. The van der Waals surface area contributed by atoms with Crippen molar-refractivity contribution in [3.8, 4) is 0 Å². The molecule has 0 spiro atoms. The highest BCUT2D eigenvalue weighted by Crippen LogP contribution is 2.13. The monoisotopic (exact) mass is 421 g/mol. The normalized spacial score (nSPS) is 15.3. The average molecular weight is 422 g/mol. The molecule has 0 atom stereocenters. The summed E-state index contributed by atoms with van der Waals surface area (Å²) in [6.07, 6.45) is 2.69. The van der Waals surface area contributed by atoms with E-state index in [0.717, 1.165) is 57.2 Å². The van der Waals surface area contributed by atoms with Gasteiger partial charge in [0.15, 0.2) is 5.96 Å². The van der Waals surface area contributed by atoms with E-state index in [4.69, 9.17) is 11.6 Å². The predicted molar refractivity (Wildman–Crippen MR) is 122 cm³/mol. The summed E-state index contributed by atoms with van der Waals surface area (Å²) < 4.78 is 0. The summed E-state index contributed by atoms with van der Waals surface area (Å²) >= 11 is 6.02. The van der Waals surface area contributed by atoms with E-state index < -0.39 is 0 Å². The number of piperazine rings is 1. The third kappa shape index (κ3) is 7.86. The first-order valence-corrected chi connectivity index (χ1v) is 11.0. The van der Waals surface area contributed by atoms with Gasteiger partial charge in [-0.05, 0) is 58.0 Å². The van der Waals surface area contributed by atoms with E-state index in [1.165, 1.54) is 6.42 Å². The number of carbonyl (C=O) groups is 1. The third-order valence-electron chi connectivity index (χ3n) is 5.49. The number of nitrogens with zero attached hydrogens (tertiary/aromatic N) is 4. The molecule has 0 radical (unpaired) electrons. The summed E-state index contributed by atoms with van der Waals surface area (Å²) in [5, 5.41) is 4.14. The zero-order chi connectivity index (χ0) is 21.2. The Balaban J connectivity index is 1.70. The molecule has 7 heteroatoms. The van der Waals surface area contributed by atoms with E-state index in [9.17, 15) is 4.79 Å². The fraction of sp³-hybridized carbons (Fsp3) is 0.636. The maximum absolute atomic E-state index is 12.6. The number of halogens is 1. The summed E-state index contributed by atoms with van der Waals surface area (Å²) in [5.41, 5.74) is 0.963. The van der Waals surface area contributed by atoms with Crippen molar-refractivity contribution >= 4 is 23.5 Å². The molecule has 0 saturated carbocycles. The summed E-state index contributed by atoms with van der Waals surface area (Å²) in [4.78, 5) is 23.6. The van der Waals surface area contributed by atoms with Crippen LogP contribution in [-0.4, -0.2) is 86.0 Å². The molecule has 1 aromatic carbocycles. The smallest absolute Gasteiger partial charge is 0.227 e. The van der Waals surface area contributed by atoms with E-state index in [-0.39, 0.29) is 5.91 Å². The minimum atomic E-state index is 0.157. The van der Waals surface area contributed by atoms with Gasteiger partial charge in [-0.3, -0.25) is 9.79 Å². The summed E-state index contributed by atoms with van der Waals surface area (Å²) in [6, 6.07) is 8.12. The number of amides is 1. The average Bonchev–Trinajstić information content (AvgIpc) is 2.70. The minimum absolute atomic E-state index is 0.157. The van der Waals surface area contributed by atoms with Gasteiger partial charge in [-0.2, -0.15) is 0 Å². The van der Waals surface area contributed by atoms with Crippen molar-refractivity contribution < 1.29 is 4.79 Å². The first-order chi connectivity index (χ1) is 13.9. The highest BCUT2D eigenvalue weighted by atomic mass is 35.5. The number of benzene rings is 1. The van der Waals surface area contributed by atoms with Gasteiger partial charge in [-0.25, -0.2) is 0 Å². The second-order valence-corrected chi connectivity index (χ2v) is 8.37. The Labute approximate surface area is 180 Å². The minimum Gasteiger partial charge on any atom is -0.356 e. The Kier molecular flexibility index (Phi) is 9.74. The van der Waals surface area contributed by atoms with Crippen LogP contribution in [0.3, 0.4) is 0 Å². The van der Waals surface area contributed by atoms with Crippen molar-refractivity contribution in [2.75, 3.05) is 53.4 Å². The van der Waals surface area contributed by atoms with Gasteiger partial charge in [0.1, 0.15) is 0 Å². The first kappa shape index (κ1) is 23.5. The van der Waals surface area contributed by atoms with Crippen molar-refractivity contribution in [1.29, 1.82) is 0 Å². The lowest BCUT2D eigenvalue weighted by Gasteiger charge is -2.36. The van der Waals surface area contributed by atoms with Gasteiger partial charge in [0.05, 0.1) is 6.42 Å². The number of hydrogen-bond acceptors (Lipinski definition) is 3. The second kappa shape index (κ2) is 12.0. The molecule has 29 heavy (non-hydrogen) atoms. The number of rotatable bonds is 8. The van der Waals surface area contributed by atoms with Gasteiger partial charge in [0, 0.05) is 50.8 Å².